The maximum atomic E-state index is 15.0. The van der Waals surface area contributed by atoms with E-state index >= 15 is 5.11 Å². The fraction of sp³-hybridized carbons (Fsp3) is 0.0256. The number of hydrogen-bond acceptors (Lipinski definition) is 2. The molecular weight excluding hydrogens is 562 g/mol. The highest BCUT2D eigenvalue weighted by atomic mass is 31.2. The van der Waals surface area contributed by atoms with Crippen molar-refractivity contribution in [1.29, 1.82) is 0 Å². The number of ether oxygens (including phenoxy) is 1. The second-order valence-electron chi connectivity index (χ2n) is 10.2. The topological polar surface area (TPSA) is 32.3 Å². The Labute approximate surface area is 255 Å². The molecule has 0 radical (unpaired) electrons. The van der Waals surface area contributed by atoms with Gasteiger partial charge in [0.15, 0.2) is 14.5 Å². The Morgan fingerprint density at radius 3 is 0.721 bits per heavy atom. The maximum absolute atomic E-state index is 15.0. The van der Waals surface area contributed by atoms with Gasteiger partial charge in [0, 0.05) is 0 Å². The molecule has 0 aliphatic heterocycles. The van der Waals surface area contributed by atoms with Gasteiger partial charge in [-0.25, -0.2) is 0 Å². The van der Waals surface area contributed by atoms with Crippen molar-refractivity contribution in [3.8, 4) is 0 Å². The quantitative estimate of drug-likeness (QED) is 0.149. The standard InChI is InChI=1S/C39H33O2P2/c1-41-38(40)39(42(32-20-8-2-9-21-32,33-22-10-3-11-23-33)34-24-12-4-13-25-34)43(35-26-14-5-15-27-35,36-28-16-6-17-29-36)37-30-18-7-19-31-37/h2-31H,1H3/q+1. The monoisotopic (exact) mass is 595 g/mol. The Hall–Kier alpha value is -4.48. The molecule has 0 atom stereocenters. The normalized spacial score (nSPS) is 11.5. The first-order chi connectivity index (χ1) is 21.2. The summed E-state index contributed by atoms with van der Waals surface area (Å²) in [6, 6.07) is 63.5. The molecule has 0 N–H and O–H groups in total. The molecule has 0 aliphatic rings. The van der Waals surface area contributed by atoms with Crippen molar-refractivity contribution >= 4 is 46.4 Å². The van der Waals surface area contributed by atoms with Crippen molar-refractivity contribution < 1.29 is 9.84 Å². The van der Waals surface area contributed by atoms with Gasteiger partial charge in [-0.3, -0.25) is 0 Å². The summed E-state index contributed by atoms with van der Waals surface area (Å²) >= 11 is 0. The maximum Gasteiger partial charge on any atom is 0.255 e. The zero-order valence-electron chi connectivity index (χ0n) is 24.0. The third-order valence-corrected chi connectivity index (χ3v) is 17.7. The van der Waals surface area contributed by atoms with Crippen LogP contribution in [0.3, 0.4) is 0 Å². The van der Waals surface area contributed by atoms with Gasteiger partial charge in [-0.05, 0) is 79.9 Å². The van der Waals surface area contributed by atoms with E-state index in [0.717, 1.165) is 36.9 Å². The van der Waals surface area contributed by atoms with E-state index in [-0.39, 0.29) is 5.95 Å². The molecule has 6 rings (SSSR count). The highest BCUT2D eigenvalue weighted by molar-refractivity contribution is 8.15. The van der Waals surface area contributed by atoms with Gasteiger partial charge in [-0.1, -0.05) is 109 Å². The highest BCUT2D eigenvalue weighted by Crippen LogP contribution is 2.80. The Balaban J connectivity index is 1.92. The third-order valence-electron chi connectivity index (χ3n) is 7.86. The second kappa shape index (κ2) is 12.8. The van der Waals surface area contributed by atoms with Crippen LogP contribution in [0, 0.1) is 0 Å². The summed E-state index contributed by atoms with van der Waals surface area (Å²) in [5.74, 6) is -0.283. The Kier molecular flexibility index (Phi) is 8.52. The number of rotatable bonds is 9. The minimum Gasteiger partial charge on any atom is -0.611 e. The molecule has 0 saturated carbocycles. The van der Waals surface area contributed by atoms with Gasteiger partial charge in [0.1, 0.15) is 37.8 Å². The predicted molar refractivity (Wildman–Crippen MR) is 184 cm³/mol. The van der Waals surface area contributed by atoms with Crippen molar-refractivity contribution in [3.05, 3.63) is 193 Å². The molecule has 210 valence electrons. The summed E-state index contributed by atoms with van der Waals surface area (Å²) in [5.41, 5.74) is 0. The number of hydrogen-bond donors (Lipinski definition) is 0. The van der Waals surface area contributed by atoms with E-state index in [1.807, 2.05) is 36.4 Å². The molecule has 0 unspecified atom stereocenters. The summed E-state index contributed by atoms with van der Waals surface area (Å²) in [6.07, 6.45) is 0. The molecular formula is C39H33O2P2+. The van der Waals surface area contributed by atoms with Crippen LogP contribution < -0.4 is 36.9 Å². The van der Waals surface area contributed by atoms with E-state index in [0.29, 0.717) is 0 Å². The van der Waals surface area contributed by atoms with Gasteiger partial charge in [0.25, 0.3) is 5.06 Å². The van der Waals surface area contributed by atoms with Crippen LogP contribution in [0.4, 0.5) is 0 Å². The predicted octanol–water partition coefficient (Wildman–Crippen LogP) is 6.11. The Morgan fingerprint density at radius 2 is 0.558 bits per heavy atom. The first-order valence-corrected chi connectivity index (χ1v) is 17.9. The fourth-order valence-electron chi connectivity index (χ4n) is 6.13. The lowest BCUT2D eigenvalue weighted by atomic mass is 10.4. The summed E-state index contributed by atoms with van der Waals surface area (Å²) in [7, 11) is -4.20. The van der Waals surface area contributed by atoms with Crippen molar-refractivity contribution in [2.24, 2.45) is 0 Å². The smallest absolute Gasteiger partial charge is 0.255 e. The summed E-state index contributed by atoms with van der Waals surface area (Å²) in [4.78, 5) is 0. The Bertz CT molecular complexity index is 1450. The SMILES string of the molecule is COC([O-])=C([P+](c1ccccc1)(c1ccccc1)c1ccccc1)[P+](c1ccccc1)(c1ccccc1)c1ccccc1. The van der Waals surface area contributed by atoms with Crippen LogP contribution in [0.1, 0.15) is 0 Å². The summed E-state index contributed by atoms with van der Waals surface area (Å²) in [6.45, 7) is 0. The lowest BCUT2D eigenvalue weighted by Crippen LogP contribution is -2.41. The van der Waals surface area contributed by atoms with Gasteiger partial charge >= 0.3 is 0 Å². The van der Waals surface area contributed by atoms with Crippen LogP contribution in [0.5, 0.6) is 0 Å². The largest absolute Gasteiger partial charge is 0.611 e. The Morgan fingerprint density at radius 1 is 0.372 bits per heavy atom. The van der Waals surface area contributed by atoms with E-state index in [4.69, 9.17) is 4.74 Å². The van der Waals surface area contributed by atoms with Crippen molar-refractivity contribution in [2.45, 2.75) is 0 Å². The average molecular weight is 596 g/mol. The zero-order chi connectivity index (χ0) is 29.5. The van der Waals surface area contributed by atoms with Crippen LogP contribution in [-0.2, 0) is 4.74 Å². The van der Waals surface area contributed by atoms with Gasteiger partial charge in [-0.15, -0.1) is 0 Å². The molecule has 0 heterocycles. The van der Waals surface area contributed by atoms with Gasteiger partial charge in [0.2, 0.25) is 0 Å². The van der Waals surface area contributed by atoms with Gasteiger partial charge in [0.05, 0.1) is 0 Å². The van der Waals surface area contributed by atoms with E-state index < -0.39 is 14.5 Å². The van der Waals surface area contributed by atoms with Crippen LogP contribution in [0.15, 0.2) is 193 Å². The first-order valence-electron chi connectivity index (χ1n) is 14.3. The van der Waals surface area contributed by atoms with Crippen molar-refractivity contribution in [1.82, 2.24) is 0 Å². The summed E-state index contributed by atoms with van der Waals surface area (Å²) in [5, 5.41) is 22.5. The minimum atomic E-state index is -2.86. The van der Waals surface area contributed by atoms with E-state index in [1.54, 1.807) is 0 Å². The average Bonchev–Trinajstić information content (AvgIpc) is 3.10. The van der Waals surface area contributed by atoms with Gasteiger partial charge < -0.3 is 9.84 Å². The molecule has 6 aromatic carbocycles. The molecule has 0 spiro atoms. The second-order valence-corrected chi connectivity index (χ2v) is 17.2. The molecule has 0 aliphatic carbocycles. The van der Waals surface area contributed by atoms with E-state index in [9.17, 15) is 0 Å². The molecule has 6 aromatic rings. The zero-order valence-corrected chi connectivity index (χ0v) is 25.8. The van der Waals surface area contributed by atoms with Crippen molar-refractivity contribution in [2.75, 3.05) is 7.11 Å². The van der Waals surface area contributed by atoms with Crippen LogP contribution in [-0.4, -0.2) is 7.11 Å². The molecule has 0 aromatic heterocycles. The van der Waals surface area contributed by atoms with Crippen molar-refractivity contribution in [3.63, 3.8) is 0 Å². The number of methoxy groups -OCH3 is 1. The van der Waals surface area contributed by atoms with Crippen LogP contribution >= 0.6 is 14.5 Å². The van der Waals surface area contributed by atoms with Crippen LogP contribution in [0.2, 0.25) is 0 Å². The van der Waals surface area contributed by atoms with Crippen LogP contribution in [0.25, 0.3) is 0 Å². The van der Waals surface area contributed by atoms with Gasteiger partial charge in [-0.2, -0.15) is 0 Å². The van der Waals surface area contributed by atoms with E-state index in [1.165, 1.54) is 7.11 Å². The number of benzene rings is 6. The third kappa shape index (κ3) is 4.98. The lowest BCUT2D eigenvalue weighted by Gasteiger charge is -2.37. The molecule has 4 heteroatoms. The highest BCUT2D eigenvalue weighted by Gasteiger charge is 2.66. The molecule has 0 bridgehead atoms. The lowest BCUT2D eigenvalue weighted by molar-refractivity contribution is -0.353. The summed E-state index contributed by atoms with van der Waals surface area (Å²) < 4.78 is 5.93. The first kappa shape index (κ1) is 28.6. The molecule has 0 amide bonds. The molecule has 0 fully saturated rings. The van der Waals surface area contributed by atoms with E-state index in [2.05, 4.69) is 146 Å². The molecule has 0 saturated heterocycles. The molecule has 2 nitrogen and oxygen atoms in total. The minimum absolute atomic E-state index is 0.283. The fourth-order valence-corrected chi connectivity index (χ4v) is 17.7. The molecule has 43 heavy (non-hydrogen) atoms.